The van der Waals surface area contributed by atoms with E-state index in [2.05, 4.69) is 0 Å². The smallest absolute Gasteiger partial charge is 0.231 e. The summed E-state index contributed by atoms with van der Waals surface area (Å²) in [7, 11) is 0. The van der Waals surface area contributed by atoms with E-state index in [1.165, 1.54) is 0 Å². The Morgan fingerprint density at radius 2 is 2.31 bits per heavy atom. The summed E-state index contributed by atoms with van der Waals surface area (Å²) in [5, 5.41) is 10.2. The van der Waals surface area contributed by atoms with Gasteiger partial charge in [-0.2, -0.15) is 0 Å². The zero-order valence-electron chi connectivity index (χ0n) is 9.00. The molecular weight excluding hydrogens is 230 g/mol. The Labute approximate surface area is 98.9 Å². The van der Waals surface area contributed by atoms with Crippen LogP contribution < -0.4 is 15.2 Å². The molecule has 1 aromatic rings. The van der Waals surface area contributed by atoms with Crippen molar-refractivity contribution in [3.63, 3.8) is 0 Å². The third kappa shape index (κ3) is 1.79. The fraction of sp³-hybridized carbons (Fsp3) is 0.455. The highest BCUT2D eigenvalue weighted by Crippen LogP contribution is 2.48. The second kappa shape index (κ2) is 4.39. The molecule has 0 spiro atoms. The predicted molar refractivity (Wildman–Crippen MR) is 61.3 cm³/mol. The number of nitrogens with two attached hydrogens (primary N) is 1. The molecule has 0 amide bonds. The minimum absolute atomic E-state index is 0.0619. The number of fused-ring (bicyclic) bond motifs is 1. The van der Waals surface area contributed by atoms with Crippen molar-refractivity contribution < 1.29 is 14.6 Å². The van der Waals surface area contributed by atoms with Gasteiger partial charge in [0.1, 0.15) is 5.75 Å². The van der Waals surface area contributed by atoms with Crippen LogP contribution in [0.2, 0.25) is 5.02 Å². The Bertz CT molecular complexity index is 409. The van der Waals surface area contributed by atoms with Gasteiger partial charge >= 0.3 is 0 Å². The molecule has 1 unspecified atom stereocenters. The number of phenolic OH excluding ortho intramolecular Hbond substituents is 1. The first kappa shape index (κ1) is 11.4. The van der Waals surface area contributed by atoms with Gasteiger partial charge in [0.25, 0.3) is 0 Å². The SMILES string of the molecule is CC(CCN)c1c(O)c(Cl)cc2c1OCO2. The lowest BCUT2D eigenvalue weighted by Crippen LogP contribution is -2.06. The fourth-order valence-corrected chi connectivity index (χ4v) is 2.08. The second-order valence-corrected chi connectivity index (χ2v) is 4.24. The van der Waals surface area contributed by atoms with Crippen molar-refractivity contribution in [2.75, 3.05) is 13.3 Å². The third-order valence-electron chi connectivity index (χ3n) is 2.72. The number of hydrogen-bond donors (Lipinski definition) is 2. The topological polar surface area (TPSA) is 64.7 Å². The first-order valence-corrected chi connectivity index (χ1v) is 5.54. The van der Waals surface area contributed by atoms with E-state index in [1.54, 1.807) is 6.07 Å². The average Bonchev–Trinajstić information content (AvgIpc) is 2.67. The van der Waals surface area contributed by atoms with Crippen LogP contribution in [0.15, 0.2) is 6.07 Å². The van der Waals surface area contributed by atoms with Crippen molar-refractivity contribution >= 4 is 11.6 Å². The molecule has 1 atom stereocenters. The number of hydrogen-bond acceptors (Lipinski definition) is 4. The molecule has 0 bridgehead atoms. The molecule has 1 heterocycles. The zero-order valence-corrected chi connectivity index (χ0v) is 9.75. The highest BCUT2D eigenvalue weighted by Gasteiger charge is 2.26. The molecule has 2 rings (SSSR count). The molecule has 1 aliphatic heterocycles. The maximum absolute atomic E-state index is 9.95. The van der Waals surface area contributed by atoms with Crippen LogP contribution in [0, 0.1) is 0 Å². The normalized spacial score (nSPS) is 15.2. The van der Waals surface area contributed by atoms with Gasteiger partial charge in [0.2, 0.25) is 6.79 Å². The van der Waals surface area contributed by atoms with Gasteiger partial charge in [-0.3, -0.25) is 0 Å². The number of aromatic hydroxyl groups is 1. The Morgan fingerprint density at radius 1 is 1.56 bits per heavy atom. The zero-order chi connectivity index (χ0) is 11.7. The first-order valence-electron chi connectivity index (χ1n) is 5.16. The van der Waals surface area contributed by atoms with Crippen molar-refractivity contribution in [1.29, 1.82) is 0 Å². The highest BCUT2D eigenvalue weighted by atomic mass is 35.5. The van der Waals surface area contributed by atoms with Gasteiger partial charge in [-0.05, 0) is 18.9 Å². The molecular formula is C11H14ClNO3. The maximum Gasteiger partial charge on any atom is 0.231 e. The van der Waals surface area contributed by atoms with Crippen LogP contribution in [0.3, 0.4) is 0 Å². The fourth-order valence-electron chi connectivity index (χ4n) is 1.88. The van der Waals surface area contributed by atoms with Crippen LogP contribution in [0.4, 0.5) is 0 Å². The number of phenols is 1. The molecule has 1 aromatic carbocycles. The van der Waals surface area contributed by atoms with E-state index in [0.717, 1.165) is 6.42 Å². The summed E-state index contributed by atoms with van der Waals surface area (Å²) in [5.41, 5.74) is 6.20. The molecule has 16 heavy (non-hydrogen) atoms. The van der Waals surface area contributed by atoms with Gasteiger partial charge in [-0.25, -0.2) is 0 Å². The van der Waals surface area contributed by atoms with Gasteiger partial charge in [-0.15, -0.1) is 0 Å². The Balaban J connectivity index is 2.49. The van der Waals surface area contributed by atoms with E-state index in [-0.39, 0.29) is 23.5 Å². The maximum atomic E-state index is 9.95. The number of rotatable bonds is 3. The summed E-state index contributed by atoms with van der Waals surface area (Å²) in [5.74, 6) is 1.32. The monoisotopic (exact) mass is 243 g/mol. The van der Waals surface area contributed by atoms with Gasteiger partial charge in [0.05, 0.1) is 5.02 Å². The molecule has 4 nitrogen and oxygen atoms in total. The summed E-state index contributed by atoms with van der Waals surface area (Å²) in [6, 6.07) is 1.57. The van der Waals surface area contributed by atoms with E-state index < -0.39 is 0 Å². The molecule has 5 heteroatoms. The van der Waals surface area contributed by atoms with Gasteiger partial charge < -0.3 is 20.3 Å². The molecule has 3 N–H and O–H groups in total. The standard InChI is InChI=1S/C11H14ClNO3/c1-6(2-3-13)9-10(14)7(12)4-8-11(9)16-5-15-8/h4,6,14H,2-3,5,13H2,1H3. The van der Waals surface area contributed by atoms with E-state index in [9.17, 15) is 5.11 Å². The molecule has 0 fully saturated rings. The predicted octanol–water partition coefficient (Wildman–Crippen LogP) is 2.23. The lowest BCUT2D eigenvalue weighted by atomic mass is 9.95. The summed E-state index contributed by atoms with van der Waals surface area (Å²) in [6.07, 6.45) is 0.754. The summed E-state index contributed by atoms with van der Waals surface area (Å²) < 4.78 is 10.6. The van der Waals surface area contributed by atoms with Crippen LogP contribution in [0.1, 0.15) is 24.8 Å². The summed E-state index contributed by atoms with van der Waals surface area (Å²) in [4.78, 5) is 0. The minimum atomic E-state index is 0.0619. The van der Waals surface area contributed by atoms with Crippen molar-refractivity contribution in [2.24, 2.45) is 5.73 Å². The Morgan fingerprint density at radius 3 is 3.00 bits per heavy atom. The lowest BCUT2D eigenvalue weighted by molar-refractivity contribution is 0.173. The summed E-state index contributed by atoms with van der Waals surface area (Å²) >= 11 is 5.92. The number of benzene rings is 1. The van der Waals surface area contributed by atoms with E-state index >= 15 is 0 Å². The minimum Gasteiger partial charge on any atom is -0.506 e. The van der Waals surface area contributed by atoms with Crippen LogP contribution in [0.25, 0.3) is 0 Å². The van der Waals surface area contributed by atoms with Crippen molar-refractivity contribution in [3.05, 3.63) is 16.7 Å². The number of ether oxygens (including phenoxy) is 2. The van der Waals surface area contributed by atoms with Crippen molar-refractivity contribution in [1.82, 2.24) is 0 Å². The summed E-state index contributed by atoms with van der Waals surface area (Å²) in [6.45, 7) is 2.68. The van der Waals surface area contributed by atoms with Crippen LogP contribution in [0.5, 0.6) is 17.2 Å². The quantitative estimate of drug-likeness (QED) is 0.855. The molecule has 0 radical (unpaired) electrons. The van der Waals surface area contributed by atoms with Crippen molar-refractivity contribution in [3.8, 4) is 17.2 Å². The van der Waals surface area contributed by atoms with Crippen molar-refractivity contribution in [2.45, 2.75) is 19.3 Å². The molecule has 0 aromatic heterocycles. The van der Waals surface area contributed by atoms with Gasteiger partial charge in [-0.1, -0.05) is 18.5 Å². The van der Waals surface area contributed by atoms with E-state index in [0.29, 0.717) is 23.6 Å². The second-order valence-electron chi connectivity index (χ2n) is 3.83. The Kier molecular flexibility index (Phi) is 3.12. The average molecular weight is 244 g/mol. The van der Waals surface area contributed by atoms with Crippen LogP contribution in [-0.4, -0.2) is 18.4 Å². The first-order chi connectivity index (χ1) is 7.65. The molecule has 0 saturated carbocycles. The Hall–Kier alpha value is -1.13. The van der Waals surface area contributed by atoms with E-state index in [1.807, 2.05) is 6.92 Å². The van der Waals surface area contributed by atoms with Crippen LogP contribution >= 0.6 is 11.6 Å². The molecule has 0 aliphatic carbocycles. The van der Waals surface area contributed by atoms with E-state index in [4.69, 9.17) is 26.8 Å². The van der Waals surface area contributed by atoms with Gasteiger partial charge in [0.15, 0.2) is 11.5 Å². The molecule has 0 saturated heterocycles. The largest absolute Gasteiger partial charge is 0.506 e. The molecule has 88 valence electrons. The molecule has 1 aliphatic rings. The highest BCUT2D eigenvalue weighted by molar-refractivity contribution is 6.32. The lowest BCUT2D eigenvalue weighted by Gasteiger charge is -2.15. The van der Waals surface area contributed by atoms with Crippen LogP contribution in [-0.2, 0) is 0 Å². The van der Waals surface area contributed by atoms with Gasteiger partial charge in [0, 0.05) is 11.6 Å². The third-order valence-corrected chi connectivity index (χ3v) is 3.01. The number of halogens is 1.